The minimum Gasteiger partial charge on any atom is -0.489 e. The lowest BCUT2D eigenvalue weighted by atomic mass is 9.48. The van der Waals surface area contributed by atoms with Gasteiger partial charge in [0.1, 0.15) is 12.4 Å². The number of ether oxygens (including phenoxy) is 1. The van der Waals surface area contributed by atoms with E-state index >= 15 is 0 Å². The highest BCUT2D eigenvalue weighted by molar-refractivity contribution is 5.99. The minimum atomic E-state index is -0.680. The molecule has 2 nitrogen and oxygen atoms in total. The Balaban J connectivity index is 1.22. The summed E-state index contributed by atoms with van der Waals surface area (Å²) in [5.41, 5.74) is 4.04. The summed E-state index contributed by atoms with van der Waals surface area (Å²) in [6, 6.07) is 31.8. The quantitative estimate of drug-likeness (QED) is 0.330. The molecule has 4 aliphatic carbocycles. The fourth-order valence-electron chi connectivity index (χ4n) is 7.71. The van der Waals surface area contributed by atoms with E-state index in [4.69, 9.17) is 4.74 Å². The average molecular weight is 461 g/mol. The van der Waals surface area contributed by atoms with Crippen molar-refractivity contribution in [2.45, 2.75) is 44.3 Å². The summed E-state index contributed by atoms with van der Waals surface area (Å²) in [5, 5.41) is 14.7. The molecule has 0 heterocycles. The van der Waals surface area contributed by atoms with Crippen molar-refractivity contribution in [2.24, 2.45) is 23.7 Å². The molecule has 0 spiro atoms. The van der Waals surface area contributed by atoms with Crippen LogP contribution in [0.1, 0.15) is 43.2 Å². The van der Waals surface area contributed by atoms with Crippen LogP contribution in [0.5, 0.6) is 5.75 Å². The Labute approximate surface area is 207 Å². The number of fused-ring (bicyclic) bond motifs is 1. The SMILES string of the molecule is OC1(c2ccc(-c3ccc(OCc4ccccc4)cc3)c3ccccc23)C2CC3CC(C2)CC1C3. The van der Waals surface area contributed by atoms with Gasteiger partial charge >= 0.3 is 0 Å². The second-order valence-electron chi connectivity index (χ2n) is 11.1. The molecule has 4 saturated carbocycles. The Morgan fingerprint density at radius 3 is 1.97 bits per heavy atom. The van der Waals surface area contributed by atoms with Gasteiger partial charge in [0.25, 0.3) is 0 Å². The molecule has 0 radical (unpaired) electrons. The van der Waals surface area contributed by atoms with Crippen LogP contribution in [0.25, 0.3) is 21.9 Å². The van der Waals surface area contributed by atoms with Crippen LogP contribution in [0, 0.1) is 23.7 Å². The van der Waals surface area contributed by atoms with Crippen LogP contribution < -0.4 is 4.74 Å². The first-order chi connectivity index (χ1) is 17.2. The summed E-state index contributed by atoms with van der Waals surface area (Å²) in [6.07, 6.45) is 6.19. The zero-order valence-electron chi connectivity index (χ0n) is 20.1. The fraction of sp³-hybridized carbons (Fsp3) is 0.333. The Hall–Kier alpha value is -3.10. The smallest absolute Gasteiger partial charge is 0.119 e. The Bertz CT molecular complexity index is 1330. The minimum absolute atomic E-state index is 0.411. The summed E-state index contributed by atoms with van der Waals surface area (Å²) in [6.45, 7) is 0.570. The van der Waals surface area contributed by atoms with Gasteiger partial charge in [0, 0.05) is 0 Å². The van der Waals surface area contributed by atoms with Gasteiger partial charge in [-0.25, -0.2) is 0 Å². The van der Waals surface area contributed by atoms with Crippen LogP contribution in [-0.2, 0) is 12.2 Å². The van der Waals surface area contributed by atoms with E-state index < -0.39 is 5.60 Å². The lowest BCUT2D eigenvalue weighted by Gasteiger charge is -2.59. The summed E-state index contributed by atoms with van der Waals surface area (Å²) < 4.78 is 6.00. The summed E-state index contributed by atoms with van der Waals surface area (Å²) in [4.78, 5) is 0. The van der Waals surface area contributed by atoms with Gasteiger partial charge < -0.3 is 9.84 Å². The third kappa shape index (κ3) is 3.50. The Morgan fingerprint density at radius 2 is 1.29 bits per heavy atom. The molecular formula is C33H32O2. The van der Waals surface area contributed by atoms with E-state index in [2.05, 4.69) is 72.8 Å². The average Bonchev–Trinajstić information content (AvgIpc) is 2.90. The van der Waals surface area contributed by atoms with Gasteiger partial charge in [0.15, 0.2) is 0 Å². The Morgan fingerprint density at radius 1 is 0.657 bits per heavy atom. The van der Waals surface area contributed by atoms with Crippen molar-refractivity contribution in [3.8, 4) is 16.9 Å². The molecule has 35 heavy (non-hydrogen) atoms. The lowest BCUT2D eigenvalue weighted by molar-refractivity contribution is -0.178. The van der Waals surface area contributed by atoms with Crippen molar-refractivity contribution in [3.05, 3.63) is 102 Å². The van der Waals surface area contributed by atoms with Crippen molar-refractivity contribution in [2.75, 3.05) is 0 Å². The maximum Gasteiger partial charge on any atom is 0.119 e. The van der Waals surface area contributed by atoms with Gasteiger partial charge in [0.05, 0.1) is 5.60 Å². The molecule has 4 bridgehead atoms. The van der Waals surface area contributed by atoms with Gasteiger partial charge in [-0.2, -0.15) is 0 Å². The lowest BCUT2D eigenvalue weighted by Crippen LogP contribution is -2.55. The van der Waals surface area contributed by atoms with E-state index in [0.717, 1.165) is 23.1 Å². The highest BCUT2D eigenvalue weighted by Crippen LogP contribution is 2.62. The van der Waals surface area contributed by atoms with E-state index in [1.54, 1.807) is 0 Å². The maximum atomic E-state index is 12.3. The number of hydrogen-bond acceptors (Lipinski definition) is 2. The third-order valence-electron chi connectivity index (χ3n) is 9.15. The molecule has 2 heteroatoms. The predicted molar refractivity (Wildman–Crippen MR) is 141 cm³/mol. The molecule has 0 atom stereocenters. The van der Waals surface area contributed by atoms with Gasteiger partial charge in [-0.3, -0.25) is 0 Å². The van der Waals surface area contributed by atoms with Crippen LogP contribution in [0.3, 0.4) is 0 Å². The zero-order valence-corrected chi connectivity index (χ0v) is 20.1. The molecule has 4 aromatic rings. The molecule has 4 fully saturated rings. The van der Waals surface area contributed by atoms with Crippen LogP contribution in [0.2, 0.25) is 0 Å². The second kappa shape index (κ2) is 8.24. The number of benzene rings is 4. The van der Waals surface area contributed by atoms with Gasteiger partial charge in [0.2, 0.25) is 0 Å². The highest BCUT2D eigenvalue weighted by atomic mass is 16.5. The molecule has 0 aliphatic heterocycles. The standard InChI is InChI=1S/C33H32O2/c34-33(26-17-23-16-24(19-26)20-27(33)18-23)32-15-14-29(30-8-4-5-9-31(30)32)25-10-12-28(13-11-25)35-21-22-6-2-1-3-7-22/h1-15,23-24,26-27,34H,16-21H2. The molecule has 0 amide bonds. The molecule has 0 saturated heterocycles. The maximum absolute atomic E-state index is 12.3. The van der Waals surface area contributed by atoms with Crippen molar-refractivity contribution >= 4 is 10.8 Å². The molecule has 0 aromatic heterocycles. The molecule has 8 rings (SSSR count). The molecule has 176 valence electrons. The first-order valence-corrected chi connectivity index (χ1v) is 13.2. The van der Waals surface area contributed by atoms with Crippen molar-refractivity contribution in [3.63, 3.8) is 0 Å². The van der Waals surface area contributed by atoms with Crippen molar-refractivity contribution in [1.29, 1.82) is 0 Å². The monoisotopic (exact) mass is 460 g/mol. The molecular weight excluding hydrogens is 428 g/mol. The number of rotatable bonds is 5. The van der Waals surface area contributed by atoms with Crippen LogP contribution in [-0.4, -0.2) is 5.11 Å². The topological polar surface area (TPSA) is 29.5 Å². The van der Waals surface area contributed by atoms with E-state index in [9.17, 15) is 5.11 Å². The number of aliphatic hydroxyl groups is 1. The Kier molecular flexibility index (Phi) is 4.99. The third-order valence-corrected chi connectivity index (χ3v) is 9.15. The summed E-state index contributed by atoms with van der Waals surface area (Å²) in [5.74, 6) is 3.38. The second-order valence-corrected chi connectivity index (χ2v) is 11.1. The molecule has 4 aromatic carbocycles. The van der Waals surface area contributed by atoms with Gasteiger partial charge in [-0.15, -0.1) is 0 Å². The van der Waals surface area contributed by atoms with Gasteiger partial charge in [-0.1, -0.05) is 78.9 Å². The molecule has 1 N–H and O–H groups in total. The predicted octanol–water partition coefficient (Wildman–Crippen LogP) is 7.73. The zero-order chi connectivity index (χ0) is 23.4. The first-order valence-electron chi connectivity index (χ1n) is 13.2. The largest absolute Gasteiger partial charge is 0.489 e. The fourth-order valence-corrected chi connectivity index (χ4v) is 7.71. The summed E-state index contributed by atoms with van der Waals surface area (Å²) in [7, 11) is 0. The molecule has 4 aliphatic rings. The van der Waals surface area contributed by atoms with Crippen molar-refractivity contribution < 1.29 is 9.84 Å². The van der Waals surface area contributed by atoms with Gasteiger partial charge in [-0.05, 0) is 101 Å². The van der Waals surface area contributed by atoms with Crippen LogP contribution in [0.15, 0.2) is 91.0 Å². The van der Waals surface area contributed by atoms with E-state index in [1.807, 2.05) is 18.2 Å². The van der Waals surface area contributed by atoms with Crippen molar-refractivity contribution in [1.82, 2.24) is 0 Å². The van der Waals surface area contributed by atoms with Crippen LogP contribution in [0.4, 0.5) is 0 Å². The van der Waals surface area contributed by atoms with Crippen LogP contribution >= 0.6 is 0 Å². The molecule has 0 unspecified atom stereocenters. The van der Waals surface area contributed by atoms with E-state index in [-0.39, 0.29) is 0 Å². The van der Waals surface area contributed by atoms with E-state index in [1.165, 1.54) is 59.6 Å². The van der Waals surface area contributed by atoms with E-state index in [0.29, 0.717) is 18.4 Å². The number of hydrogen-bond donors (Lipinski definition) is 1. The normalized spacial score (nSPS) is 28.9. The summed E-state index contributed by atoms with van der Waals surface area (Å²) >= 11 is 0. The highest BCUT2D eigenvalue weighted by Gasteiger charge is 2.57. The first kappa shape index (κ1) is 21.2.